The van der Waals surface area contributed by atoms with Crippen LogP contribution in [0.1, 0.15) is 30.0 Å². The molecule has 0 spiro atoms. The summed E-state index contributed by atoms with van der Waals surface area (Å²) in [6.45, 7) is 2.67. The first-order valence-corrected chi connectivity index (χ1v) is 9.36. The molecule has 0 bridgehead atoms. The van der Waals surface area contributed by atoms with Gasteiger partial charge in [-0.3, -0.25) is 10.3 Å². The van der Waals surface area contributed by atoms with E-state index in [0.717, 1.165) is 29.1 Å². The number of benzene rings is 3. The number of hydrogen-bond acceptors (Lipinski definition) is 2. The van der Waals surface area contributed by atoms with Gasteiger partial charge in [-0.2, -0.15) is 13.2 Å². The molecule has 0 radical (unpaired) electrons. The van der Waals surface area contributed by atoms with Crippen LogP contribution < -0.4 is 5.32 Å². The number of rotatable bonds is 6. The molecule has 1 unspecified atom stereocenters. The SMILES string of the molecule is CC1=NC1(NCCCc1cccc(C(F)(F)F)c1)c1cccc2ccccc12. The Morgan fingerprint density at radius 2 is 1.68 bits per heavy atom. The van der Waals surface area contributed by atoms with Gasteiger partial charge in [0, 0.05) is 5.56 Å². The molecular formula is C23H21F3N2. The molecule has 5 heteroatoms. The van der Waals surface area contributed by atoms with Crippen molar-refractivity contribution in [2.75, 3.05) is 6.54 Å². The van der Waals surface area contributed by atoms with Crippen LogP contribution in [0.25, 0.3) is 10.8 Å². The average Bonchev–Trinajstić information content (AvgIpc) is 3.35. The zero-order valence-corrected chi connectivity index (χ0v) is 15.6. The lowest BCUT2D eigenvalue weighted by atomic mass is 9.95. The van der Waals surface area contributed by atoms with Crippen LogP contribution in [0.3, 0.4) is 0 Å². The topological polar surface area (TPSA) is 24.4 Å². The number of nitrogens with one attached hydrogen (secondary N) is 1. The highest BCUT2D eigenvalue weighted by Crippen LogP contribution is 2.40. The highest BCUT2D eigenvalue weighted by Gasteiger charge is 2.46. The van der Waals surface area contributed by atoms with Gasteiger partial charge in [0.05, 0.1) is 11.3 Å². The van der Waals surface area contributed by atoms with E-state index in [1.807, 2.05) is 25.1 Å². The molecule has 2 nitrogen and oxygen atoms in total. The van der Waals surface area contributed by atoms with E-state index < -0.39 is 17.4 Å². The molecule has 0 aliphatic carbocycles. The Morgan fingerprint density at radius 1 is 0.964 bits per heavy atom. The molecule has 1 heterocycles. The van der Waals surface area contributed by atoms with E-state index in [4.69, 9.17) is 0 Å². The summed E-state index contributed by atoms with van der Waals surface area (Å²) in [7, 11) is 0. The van der Waals surface area contributed by atoms with E-state index in [0.29, 0.717) is 18.5 Å². The van der Waals surface area contributed by atoms with E-state index in [2.05, 4.69) is 34.6 Å². The van der Waals surface area contributed by atoms with Crippen molar-refractivity contribution in [3.05, 3.63) is 83.4 Å². The highest BCUT2D eigenvalue weighted by molar-refractivity contribution is 6.07. The van der Waals surface area contributed by atoms with Crippen molar-refractivity contribution in [2.45, 2.75) is 31.6 Å². The van der Waals surface area contributed by atoms with Gasteiger partial charge in [0.1, 0.15) is 0 Å². The molecule has 1 N–H and O–H groups in total. The molecular weight excluding hydrogens is 361 g/mol. The second kappa shape index (κ2) is 7.06. The predicted octanol–water partition coefficient (Wildman–Crippen LogP) is 5.71. The number of hydrogen-bond donors (Lipinski definition) is 1. The second-order valence-electron chi connectivity index (χ2n) is 7.16. The first-order valence-electron chi connectivity index (χ1n) is 9.36. The van der Waals surface area contributed by atoms with Crippen molar-refractivity contribution < 1.29 is 13.2 Å². The van der Waals surface area contributed by atoms with E-state index in [9.17, 15) is 13.2 Å². The number of halogens is 3. The summed E-state index contributed by atoms with van der Waals surface area (Å²) >= 11 is 0. The molecule has 144 valence electrons. The van der Waals surface area contributed by atoms with Crippen molar-refractivity contribution in [1.29, 1.82) is 0 Å². The molecule has 3 aromatic rings. The summed E-state index contributed by atoms with van der Waals surface area (Å²) in [4.78, 5) is 4.65. The Morgan fingerprint density at radius 3 is 2.43 bits per heavy atom. The lowest BCUT2D eigenvalue weighted by molar-refractivity contribution is -0.137. The van der Waals surface area contributed by atoms with Gasteiger partial charge in [0.15, 0.2) is 5.66 Å². The average molecular weight is 382 g/mol. The fraction of sp³-hybridized carbons (Fsp3) is 0.261. The molecule has 0 saturated carbocycles. The number of nitrogens with zero attached hydrogens (tertiary/aromatic N) is 1. The van der Waals surface area contributed by atoms with E-state index >= 15 is 0 Å². The second-order valence-corrected chi connectivity index (χ2v) is 7.16. The first-order chi connectivity index (χ1) is 13.4. The van der Waals surface area contributed by atoms with E-state index in [1.54, 1.807) is 6.07 Å². The van der Waals surface area contributed by atoms with Crippen LogP contribution in [-0.4, -0.2) is 12.3 Å². The quantitative estimate of drug-likeness (QED) is 0.543. The van der Waals surface area contributed by atoms with Gasteiger partial charge in [-0.25, -0.2) is 0 Å². The van der Waals surface area contributed by atoms with Gasteiger partial charge in [-0.1, -0.05) is 60.7 Å². The predicted molar refractivity (Wildman–Crippen MR) is 107 cm³/mol. The van der Waals surface area contributed by atoms with Crippen LogP contribution in [0.15, 0.2) is 71.7 Å². The van der Waals surface area contributed by atoms with Crippen molar-refractivity contribution in [1.82, 2.24) is 5.32 Å². The minimum Gasteiger partial charge on any atom is -0.285 e. The van der Waals surface area contributed by atoms with Crippen LogP contribution in [0.4, 0.5) is 13.2 Å². The van der Waals surface area contributed by atoms with E-state index in [-0.39, 0.29) is 0 Å². The number of alkyl halides is 3. The Kier molecular flexibility index (Phi) is 4.71. The standard InChI is InChI=1S/C23H21F3N2/c1-16-22(28-16,21-13-5-10-18-9-2-3-12-20(18)21)27-14-6-8-17-7-4-11-19(15-17)23(24,25)26/h2-5,7,9-13,15,27H,6,8,14H2,1H3. The summed E-state index contributed by atoms with van der Waals surface area (Å²) in [5.41, 5.74) is 1.79. The lowest BCUT2D eigenvalue weighted by Gasteiger charge is -2.20. The number of aliphatic imine (C=N–C) groups is 1. The fourth-order valence-corrected chi connectivity index (χ4v) is 3.75. The summed E-state index contributed by atoms with van der Waals surface area (Å²) in [5.74, 6) is 0. The Labute approximate surface area is 162 Å². The Bertz CT molecular complexity index is 1030. The summed E-state index contributed by atoms with van der Waals surface area (Å²) in [6.07, 6.45) is -2.98. The molecule has 0 saturated heterocycles. The van der Waals surface area contributed by atoms with Crippen LogP contribution >= 0.6 is 0 Å². The van der Waals surface area contributed by atoms with Gasteiger partial charge >= 0.3 is 6.18 Å². The monoisotopic (exact) mass is 382 g/mol. The van der Waals surface area contributed by atoms with E-state index in [1.165, 1.54) is 17.5 Å². The maximum atomic E-state index is 12.9. The van der Waals surface area contributed by atoms with Crippen molar-refractivity contribution in [3.63, 3.8) is 0 Å². The summed E-state index contributed by atoms with van der Waals surface area (Å²) in [6, 6.07) is 20.0. The summed E-state index contributed by atoms with van der Waals surface area (Å²) < 4.78 is 38.6. The van der Waals surface area contributed by atoms with Crippen LogP contribution in [0.2, 0.25) is 0 Å². The molecule has 4 rings (SSSR count). The maximum absolute atomic E-state index is 12.9. The summed E-state index contributed by atoms with van der Waals surface area (Å²) in [5, 5.41) is 5.85. The fourth-order valence-electron chi connectivity index (χ4n) is 3.75. The van der Waals surface area contributed by atoms with Gasteiger partial charge < -0.3 is 0 Å². The molecule has 28 heavy (non-hydrogen) atoms. The highest BCUT2D eigenvalue weighted by atomic mass is 19.4. The Balaban J connectivity index is 1.43. The maximum Gasteiger partial charge on any atom is 0.416 e. The molecule has 1 aliphatic rings. The molecule has 3 aromatic carbocycles. The molecule has 1 atom stereocenters. The van der Waals surface area contributed by atoms with Gasteiger partial charge in [0.25, 0.3) is 0 Å². The third-order valence-electron chi connectivity index (χ3n) is 5.27. The molecule has 0 aromatic heterocycles. The zero-order chi connectivity index (χ0) is 19.8. The van der Waals surface area contributed by atoms with Crippen molar-refractivity contribution in [3.8, 4) is 0 Å². The van der Waals surface area contributed by atoms with Crippen molar-refractivity contribution in [2.24, 2.45) is 4.99 Å². The van der Waals surface area contributed by atoms with Crippen LogP contribution in [0.5, 0.6) is 0 Å². The van der Waals surface area contributed by atoms with Crippen LogP contribution in [-0.2, 0) is 18.3 Å². The molecule has 0 fully saturated rings. The number of fused-ring (bicyclic) bond motifs is 1. The lowest BCUT2D eigenvalue weighted by Crippen LogP contribution is -2.35. The minimum atomic E-state index is -4.30. The minimum absolute atomic E-state index is 0.477. The number of aryl methyl sites for hydroxylation is 1. The normalized spacial score (nSPS) is 18.9. The molecule has 1 aliphatic heterocycles. The zero-order valence-electron chi connectivity index (χ0n) is 15.6. The smallest absolute Gasteiger partial charge is 0.285 e. The first kappa shape index (κ1) is 18.7. The van der Waals surface area contributed by atoms with Gasteiger partial charge in [-0.15, -0.1) is 0 Å². The Hall–Kier alpha value is -2.66. The third-order valence-corrected chi connectivity index (χ3v) is 5.27. The van der Waals surface area contributed by atoms with Crippen molar-refractivity contribution >= 4 is 16.5 Å². The van der Waals surface area contributed by atoms with Gasteiger partial charge in [0.2, 0.25) is 0 Å². The largest absolute Gasteiger partial charge is 0.416 e. The van der Waals surface area contributed by atoms with Crippen LogP contribution in [0, 0.1) is 0 Å². The molecule has 0 amide bonds. The van der Waals surface area contributed by atoms with Gasteiger partial charge in [-0.05, 0) is 48.7 Å². The third kappa shape index (κ3) is 3.54.